The number of nitrogens with zero attached hydrogens (tertiary/aromatic N) is 2. The van der Waals surface area contributed by atoms with Crippen LogP contribution in [0.25, 0.3) is 10.9 Å². The van der Waals surface area contributed by atoms with Crippen molar-refractivity contribution in [2.75, 3.05) is 11.4 Å². The van der Waals surface area contributed by atoms with Gasteiger partial charge >= 0.3 is 5.97 Å². The molecule has 10 heteroatoms. The van der Waals surface area contributed by atoms with Crippen molar-refractivity contribution in [1.29, 1.82) is 0 Å². The van der Waals surface area contributed by atoms with Gasteiger partial charge < -0.3 is 14.6 Å². The highest BCUT2D eigenvalue weighted by Crippen LogP contribution is 2.30. The lowest BCUT2D eigenvalue weighted by molar-refractivity contribution is -0.384. The van der Waals surface area contributed by atoms with E-state index in [-0.39, 0.29) is 29.4 Å². The average Bonchev–Trinajstić information content (AvgIpc) is 3.22. The molecule has 1 aromatic heterocycles. The third-order valence-corrected chi connectivity index (χ3v) is 5.05. The predicted octanol–water partition coefficient (Wildman–Crippen LogP) is 3.83. The number of nitro groups is 1. The fraction of sp³-hybridized carbons (Fsp3) is 0.158. The summed E-state index contributed by atoms with van der Waals surface area (Å²) in [6.07, 6.45) is -0.833. The van der Waals surface area contributed by atoms with Crippen molar-refractivity contribution < 1.29 is 23.6 Å². The van der Waals surface area contributed by atoms with Gasteiger partial charge in [0.25, 0.3) is 11.6 Å². The van der Waals surface area contributed by atoms with E-state index < -0.39 is 28.7 Å². The number of halogens is 2. The number of fused-ring (bicyclic) bond motifs is 1. The van der Waals surface area contributed by atoms with Crippen LogP contribution in [0.5, 0.6) is 0 Å². The van der Waals surface area contributed by atoms with Crippen molar-refractivity contribution in [3.05, 3.63) is 69.1 Å². The fourth-order valence-corrected chi connectivity index (χ4v) is 3.53. The van der Waals surface area contributed by atoms with Gasteiger partial charge in [0.15, 0.2) is 6.10 Å². The highest BCUT2D eigenvalue weighted by molar-refractivity contribution is 6.38. The Balaban J connectivity index is 1.53. The number of aromatic nitrogens is 1. The molecule has 1 fully saturated rings. The summed E-state index contributed by atoms with van der Waals surface area (Å²) >= 11 is 6.16. The molecule has 0 bridgehead atoms. The minimum absolute atomic E-state index is 0.00508. The molecule has 1 aliphatic rings. The summed E-state index contributed by atoms with van der Waals surface area (Å²) in [5.41, 5.74) is 0.586. The van der Waals surface area contributed by atoms with Crippen LogP contribution in [0.15, 0.2) is 42.5 Å². The van der Waals surface area contributed by atoms with Gasteiger partial charge in [-0.05, 0) is 24.3 Å². The van der Waals surface area contributed by atoms with Crippen LogP contribution in [-0.4, -0.2) is 34.4 Å². The maximum absolute atomic E-state index is 13.4. The first-order valence-electron chi connectivity index (χ1n) is 8.58. The van der Waals surface area contributed by atoms with E-state index >= 15 is 0 Å². The number of carbonyl (C=O) groups excluding carboxylic acids is 2. The van der Waals surface area contributed by atoms with Crippen LogP contribution in [0.4, 0.5) is 15.8 Å². The van der Waals surface area contributed by atoms with Gasteiger partial charge in [-0.1, -0.05) is 17.7 Å². The molecule has 0 saturated carbocycles. The van der Waals surface area contributed by atoms with E-state index in [2.05, 4.69) is 4.98 Å². The molecule has 1 aliphatic heterocycles. The van der Waals surface area contributed by atoms with Crippen molar-refractivity contribution in [2.45, 2.75) is 12.5 Å². The number of carbonyl (C=O) groups is 2. The molecule has 8 nitrogen and oxygen atoms in total. The lowest BCUT2D eigenvalue weighted by atomic mass is 10.2. The first-order chi connectivity index (χ1) is 13.8. The normalized spacial score (nSPS) is 16.4. The summed E-state index contributed by atoms with van der Waals surface area (Å²) in [5.74, 6) is -1.83. The smallest absolute Gasteiger partial charge is 0.357 e. The molecule has 2 aromatic carbocycles. The number of ether oxygens (including phenoxy) is 1. The number of H-pyrrole nitrogens is 1. The Hall–Kier alpha value is -3.46. The predicted molar refractivity (Wildman–Crippen MR) is 103 cm³/mol. The maximum Gasteiger partial charge on any atom is 0.357 e. The molecule has 0 aliphatic carbocycles. The van der Waals surface area contributed by atoms with E-state index in [9.17, 15) is 24.1 Å². The molecule has 0 spiro atoms. The van der Waals surface area contributed by atoms with E-state index in [4.69, 9.17) is 16.3 Å². The molecule has 4 rings (SSSR count). The van der Waals surface area contributed by atoms with Crippen LogP contribution in [0.2, 0.25) is 5.02 Å². The molecular formula is C19H13ClFN3O5. The summed E-state index contributed by atoms with van der Waals surface area (Å²) in [7, 11) is 0. The van der Waals surface area contributed by atoms with Crippen molar-refractivity contribution in [3.63, 3.8) is 0 Å². The third kappa shape index (κ3) is 3.40. The summed E-state index contributed by atoms with van der Waals surface area (Å²) in [6.45, 7) is 0.240. The Morgan fingerprint density at radius 3 is 2.86 bits per heavy atom. The summed E-state index contributed by atoms with van der Waals surface area (Å²) in [5, 5.41) is 11.3. The first-order valence-corrected chi connectivity index (χ1v) is 8.96. The lowest BCUT2D eigenvalue weighted by Gasteiger charge is -2.16. The number of hydrogen-bond acceptors (Lipinski definition) is 5. The molecule has 148 valence electrons. The molecule has 3 aromatic rings. The van der Waals surface area contributed by atoms with Crippen molar-refractivity contribution in [3.8, 4) is 0 Å². The maximum atomic E-state index is 13.4. The summed E-state index contributed by atoms with van der Waals surface area (Å²) in [6, 6.07) is 9.50. The zero-order chi connectivity index (χ0) is 20.7. The summed E-state index contributed by atoms with van der Waals surface area (Å²) < 4.78 is 18.7. The largest absolute Gasteiger partial charge is 0.447 e. The van der Waals surface area contributed by atoms with Gasteiger partial charge in [-0.25, -0.2) is 9.18 Å². The highest BCUT2D eigenvalue weighted by Gasteiger charge is 2.36. The number of esters is 1. The molecule has 29 heavy (non-hydrogen) atoms. The second-order valence-corrected chi connectivity index (χ2v) is 6.83. The Labute approximate surface area is 168 Å². The van der Waals surface area contributed by atoms with Gasteiger partial charge in [-0.15, -0.1) is 0 Å². The molecule has 0 radical (unpaired) electrons. The van der Waals surface area contributed by atoms with Gasteiger partial charge in [0, 0.05) is 36.0 Å². The Kier molecular flexibility index (Phi) is 4.67. The van der Waals surface area contributed by atoms with E-state index in [0.29, 0.717) is 16.6 Å². The molecular weight excluding hydrogens is 405 g/mol. The second-order valence-electron chi connectivity index (χ2n) is 6.45. The zero-order valence-corrected chi connectivity index (χ0v) is 15.5. The molecule has 1 amide bonds. The number of aromatic amines is 1. The third-order valence-electron chi connectivity index (χ3n) is 4.66. The summed E-state index contributed by atoms with van der Waals surface area (Å²) in [4.78, 5) is 39.6. The number of anilines is 1. The van der Waals surface area contributed by atoms with E-state index in [0.717, 1.165) is 0 Å². The Morgan fingerprint density at radius 2 is 2.10 bits per heavy atom. The van der Waals surface area contributed by atoms with Crippen LogP contribution >= 0.6 is 11.6 Å². The molecule has 2 heterocycles. The van der Waals surface area contributed by atoms with Crippen LogP contribution in [0.1, 0.15) is 16.9 Å². The number of hydrogen-bond donors (Lipinski definition) is 1. The number of nitrogens with one attached hydrogen (secondary N) is 1. The van der Waals surface area contributed by atoms with Gasteiger partial charge in [0.05, 0.1) is 15.6 Å². The number of rotatable bonds is 4. The van der Waals surface area contributed by atoms with E-state index in [1.807, 2.05) is 0 Å². The number of amides is 1. The van der Waals surface area contributed by atoms with Crippen molar-refractivity contribution in [1.82, 2.24) is 4.98 Å². The SMILES string of the molecule is O=C(OC1CCN(c2cccc([N+](=O)[O-])c2)C1=O)c1[nH]c2ccc(F)cc2c1Cl. The number of nitro benzene ring substituents is 1. The second kappa shape index (κ2) is 7.17. The van der Waals surface area contributed by atoms with Gasteiger partial charge in [-0.3, -0.25) is 14.9 Å². The molecule has 1 N–H and O–H groups in total. The van der Waals surface area contributed by atoms with Gasteiger partial charge in [-0.2, -0.15) is 0 Å². The van der Waals surface area contributed by atoms with Crippen LogP contribution in [-0.2, 0) is 9.53 Å². The number of non-ortho nitro benzene ring substituents is 1. The molecule has 1 saturated heterocycles. The first kappa shape index (κ1) is 18.9. The fourth-order valence-electron chi connectivity index (χ4n) is 3.25. The van der Waals surface area contributed by atoms with Gasteiger partial charge in [0.1, 0.15) is 11.5 Å². The monoisotopic (exact) mass is 417 g/mol. The van der Waals surface area contributed by atoms with Crippen LogP contribution in [0, 0.1) is 15.9 Å². The number of benzene rings is 2. The van der Waals surface area contributed by atoms with Crippen LogP contribution < -0.4 is 4.90 Å². The minimum atomic E-state index is -1.05. The van der Waals surface area contributed by atoms with Crippen LogP contribution in [0.3, 0.4) is 0 Å². The van der Waals surface area contributed by atoms with E-state index in [1.165, 1.54) is 41.3 Å². The standard InChI is InChI=1S/C19H13ClFN3O5/c20-16-13-8-10(21)4-5-14(13)22-17(16)19(26)29-15-6-7-23(18(15)25)11-2-1-3-12(9-11)24(27)28/h1-5,8-9,15,22H,6-7H2. The molecule has 1 atom stereocenters. The van der Waals surface area contributed by atoms with Crippen molar-refractivity contribution in [2.24, 2.45) is 0 Å². The quantitative estimate of drug-likeness (QED) is 0.394. The Bertz CT molecular complexity index is 1160. The van der Waals surface area contributed by atoms with Crippen molar-refractivity contribution >= 4 is 45.8 Å². The lowest BCUT2D eigenvalue weighted by Crippen LogP contribution is -2.32. The van der Waals surface area contributed by atoms with Gasteiger partial charge in [0.2, 0.25) is 0 Å². The zero-order valence-electron chi connectivity index (χ0n) is 14.7. The molecule has 1 unspecified atom stereocenters. The minimum Gasteiger partial charge on any atom is -0.447 e. The Morgan fingerprint density at radius 1 is 1.31 bits per heavy atom. The average molecular weight is 418 g/mol. The topological polar surface area (TPSA) is 106 Å². The van der Waals surface area contributed by atoms with E-state index in [1.54, 1.807) is 6.07 Å². The highest BCUT2D eigenvalue weighted by atomic mass is 35.5.